The van der Waals surface area contributed by atoms with Crippen LogP contribution >= 0.6 is 0 Å². The van der Waals surface area contributed by atoms with Crippen LogP contribution in [0, 0.1) is 11.8 Å². The molecule has 8 rings (SSSR count). The van der Waals surface area contributed by atoms with Gasteiger partial charge in [0.1, 0.15) is 23.7 Å². The molecule has 330 valence electrons. The topological polar surface area (TPSA) is 178 Å². The average molecular weight is 848 g/mol. The molecular weight excluding hydrogens is 787 g/mol. The molecule has 3 unspecified atom stereocenters. The lowest BCUT2D eigenvalue weighted by Gasteiger charge is -2.37. The monoisotopic (exact) mass is 847 g/mol. The molecule has 2 bridgehead atoms. The van der Waals surface area contributed by atoms with Gasteiger partial charge in [0, 0.05) is 30.7 Å². The maximum Gasteiger partial charge on any atom is 0.407 e. The lowest BCUT2D eigenvalue weighted by molar-refractivity contribution is -0.139. The number of imidazole rings is 2. The number of alkyl carbamates (subject to hydrolysis) is 2. The predicted octanol–water partition coefficient (Wildman–Crippen LogP) is 7.82. The summed E-state index contributed by atoms with van der Waals surface area (Å²) in [5, 5.41) is 5.50. The zero-order chi connectivity index (χ0) is 43.8. The van der Waals surface area contributed by atoms with E-state index in [9.17, 15) is 19.2 Å². The number of aromatic nitrogens is 4. The fourth-order valence-electron chi connectivity index (χ4n) is 10.3. The minimum atomic E-state index is -0.697. The fraction of sp³-hybridized carbons (Fsp3) is 0.532. The van der Waals surface area contributed by atoms with Gasteiger partial charge in [0.2, 0.25) is 11.8 Å². The third kappa shape index (κ3) is 8.07. The number of ether oxygens (including phenoxy) is 2. The molecule has 0 saturated carbocycles. The van der Waals surface area contributed by atoms with E-state index in [-0.39, 0.29) is 35.7 Å². The summed E-state index contributed by atoms with van der Waals surface area (Å²) in [5.74, 6) is 1.03. The standard InChI is InChI=1S/C47H61N9O6/c1-26(2)40(52-46(59)61-6)44(57)55-22-10-8-12-36(55)42-48-24-32(50-42)29-16-14-28(15-17-29)30-18-19-31(39-35-21-20-34(38(30)39)54(35)5)33-25-49-43(51-33)37-13-9-11-23-56(37)45(58)41(27(3)4)53-47(60)62-7/h14-19,24-27,34-37,40-41H,8-13,20-23H2,1-7H3,(H,48,50)(H,49,51)(H,52,59)(H,53,60)/t34?,35?,36-,37?,40-,41-/m0/s1. The molecule has 4 aliphatic heterocycles. The van der Waals surface area contributed by atoms with Crippen molar-refractivity contribution < 1.29 is 28.7 Å². The molecule has 15 heteroatoms. The number of hydrogen-bond acceptors (Lipinski definition) is 9. The van der Waals surface area contributed by atoms with E-state index in [0.717, 1.165) is 91.1 Å². The lowest BCUT2D eigenvalue weighted by Crippen LogP contribution is -2.53. The highest BCUT2D eigenvalue weighted by Gasteiger charge is 2.45. The zero-order valence-electron chi connectivity index (χ0n) is 37.0. The molecule has 4 N–H and O–H groups in total. The minimum absolute atomic E-state index is 0.111. The molecule has 2 aromatic carbocycles. The molecule has 4 aliphatic rings. The fourth-order valence-corrected chi connectivity index (χ4v) is 10.3. The van der Waals surface area contributed by atoms with Crippen LogP contribution in [-0.2, 0) is 19.1 Å². The Morgan fingerprint density at radius 3 is 1.56 bits per heavy atom. The normalized spacial score (nSPS) is 22.1. The van der Waals surface area contributed by atoms with E-state index in [1.807, 2.05) is 49.9 Å². The Labute approximate surface area is 363 Å². The summed E-state index contributed by atoms with van der Waals surface area (Å²) in [7, 11) is 4.84. The highest BCUT2D eigenvalue weighted by atomic mass is 16.5. The molecule has 15 nitrogen and oxygen atoms in total. The van der Waals surface area contributed by atoms with Gasteiger partial charge < -0.3 is 39.9 Å². The van der Waals surface area contributed by atoms with Crippen LogP contribution in [0.5, 0.6) is 0 Å². The molecule has 4 amide bonds. The molecule has 6 heterocycles. The molecule has 4 aromatic rings. The Morgan fingerprint density at radius 2 is 1.06 bits per heavy atom. The van der Waals surface area contributed by atoms with Crippen molar-refractivity contribution in [3.63, 3.8) is 0 Å². The van der Waals surface area contributed by atoms with Crippen LogP contribution in [0.2, 0.25) is 0 Å². The van der Waals surface area contributed by atoms with E-state index in [1.54, 1.807) is 0 Å². The smallest absolute Gasteiger partial charge is 0.407 e. The van der Waals surface area contributed by atoms with Crippen molar-refractivity contribution in [3.8, 4) is 33.6 Å². The molecule has 62 heavy (non-hydrogen) atoms. The number of H-pyrrole nitrogens is 2. The highest BCUT2D eigenvalue weighted by molar-refractivity contribution is 5.87. The summed E-state index contributed by atoms with van der Waals surface area (Å²) < 4.78 is 9.65. The second-order valence-electron chi connectivity index (χ2n) is 18.0. The number of fused-ring (bicyclic) bond motifs is 5. The second-order valence-corrected chi connectivity index (χ2v) is 18.0. The van der Waals surface area contributed by atoms with Crippen molar-refractivity contribution in [3.05, 3.63) is 71.6 Å². The van der Waals surface area contributed by atoms with Crippen LogP contribution in [0.15, 0.2) is 48.8 Å². The molecule has 0 radical (unpaired) electrons. The van der Waals surface area contributed by atoms with Crippen molar-refractivity contribution >= 4 is 24.0 Å². The van der Waals surface area contributed by atoms with Crippen LogP contribution in [0.3, 0.4) is 0 Å². The molecule has 0 spiro atoms. The SMILES string of the molecule is COC(=O)N[C@H](C(=O)N1CCCCC1c1ncc(-c2ccc(-c3ccc(-c4cnc([C@@H]5CCCCN5C(=O)[C@@H](NC(=O)OC)C(C)C)[nH]4)cc3)c3c2C2CCC3N2C)[nH]1)C(C)C. The summed E-state index contributed by atoms with van der Waals surface area (Å²) in [5.41, 5.74) is 9.02. The Kier molecular flexibility index (Phi) is 12.4. The van der Waals surface area contributed by atoms with Gasteiger partial charge in [0.15, 0.2) is 0 Å². The van der Waals surface area contributed by atoms with Gasteiger partial charge in [0.25, 0.3) is 0 Å². The third-order valence-corrected chi connectivity index (χ3v) is 13.6. The number of carbonyl (C=O) groups is 4. The van der Waals surface area contributed by atoms with Crippen molar-refractivity contribution in [2.75, 3.05) is 34.4 Å². The van der Waals surface area contributed by atoms with Gasteiger partial charge in [-0.25, -0.2) is 19.6 Å². The van der Waals surface area contributed by atoms with Crippen LogP contribution in [-0.4, -0.2) is 105 Å². The quantitative estimate of drug-likeness (QED) is 0.117. The molecule has 2 aromatic heterocycles. The number of rotatable bonds is 11. The van der Waals surface area contributed by atoms with Crippen molar-refractivity contribution in [1.82, 2.24) is 45.3 Å². The highest BCUT2D eigenvalue weighted by Crippen LogP contribution is 2.57. The number of hydrogen-bond donors (Lipinski definition) is 4. The third-order valence-electron chi connectivity index (χ3n) is 13.6. The lowest BCUT2D eigenvalue weighted by atomic mass is 9.82. The maximum atomic E-state index is 14.0. The van der Waals surface area contributed by atoms with E-state index < -0.39 is 24.3 Å². The Morgan fingerprint density at radius 1 is 0.613 bits per heavy atom. The largest absolute Gasteiger partial charge is 0.453 e. The minimum Gasteiger partial charge on any atom is -0.453 e. The first kappa shape index (κ1) is 43.0. The van der Waals surface area contributed by atoms with Gasteiger partial charge >= 0.3 is 12.2 Å². The van der Waals surface area contributed by atoms with E-state index in [0.29, 0.717) is 25.2 Å². The first-order chi connectivity index (χ1) is 29.9. The Bertz CT molecular complexity index is 2280. The van der Waals surface area contributed by atoms with E-state index in [4.69, 9.17) is 19.4 Å². The number of piperidine rings is 2. The van der Waals surface area contributed by atoms with Crippen molar-refractivity contribution in [2.45, 2.75) is 115 Å². The maximum absolute atomic E-state index is 14.0. The molecular formula is C47H61N9O6. The van der Waals surface area contributed by atoms with Gasteiger partial charge in [-0.1, -0.05) is 64.1 Å². The Hall–Kier alpha value is -5.70. The summed E-state index contributed by atoms with van der Waals surface area (Å²) >= 11 is 0. The van der Waals surface area contributed by atoms with Crippen LogP contribution < -0.4 is 10.6 Å². The number of likely N-dealkylation sites (tertiary alicyclic amines) is 2. The van der Waals surface area contributed by atoms with Gasteiger partial charge in [-0.05, 0) is 98.1 Å². The summed E-state index contributed by atoms with van der Waals surface area (Å²) in [6.07, 6.45) is 10.0. The van der Waals surface area contributed by atoms with E-state index >= 15 is 0 Å². The second kappa shape index (κ2) is 18.0. The first-order valence-corrected chi connectivity index (χ1v) is 22.3. The van der Waals surface area contributed by atoms with E-state index in [2.05, 4.69) is 68.9 Å². The number of methoxy groups -OCH3 is 2. The number of amides is 4. The summed E-state index contributed by atoms with van der Waals surface area (Å²) in [6, 6.07) is 11.8. The molecule has 0 aliphatic carbocycles. The molecule has 6 atom stereocenters. The van der Waals surface area contributed by atoms with Crippen LogP contribution in [0.25, 0.3) is 33.6 Å². The summed E-state index contributed by atoms with van der Waals surface area (Å²) in [4.78, 5) is 75.2. The molecule has 3 saturated heterocycles. The number of nitrogens with one attached hydrogen (secondary N) is 4. The number of nitrogens with zero attached hydrogens (tertiary/aromatic N) is 5. The van der Waals surface area contributed by atoms with Gasteiger partial charge in [-0.15, -0.1) is 0 Å². The number of benzene rings is 2. The van der Waals surface area contributed by atoms with Crippen molar-refractivity contribution in [1.29, 1.82) is 0 Å². The van der Waals surface area contributed by atoms with Crippen LogP contribution in [0.1, 0.15) is 126 Å². The van der Waals surface area contributed by atoms with Crippen molar-refractivity contribution in [2.24, 2.45) is 11.8 Å². The zero-order valence-corrected chi connectivity index (χ0v) is 37.0. The first-order valence-electron chi connectivity index (χ1n) is 22.3. The van der Waals surface area contributed by atoms with Gasteiger partial charge in [-0.2, -0.15) is 0 Å². The van der Waals surface area contributed by atoms with E-state index in [1.165, 1.54) is 30.9 Å². The average Bonchev–Trinajstić information content (AvgIpc) is 4.11. The summed E-state index contributed by atoms with van der Waals surface area (Å²) in [6.45, 7) is 8.88. The van der Waals surface area contributed by atoms with Crippen LogP contribution in [0.4, 0.5) is 9.59 Å². The Balaban J connectivity index is 1.04. The van der Waals surface area contributed by atoms with Gasteiger partial charge in [0.05, 0.1) is 50.1 Å². The molecule has 3 fully saturated rings. The number of aromatic amines is 2. The predicted molar refractivity (Wildman–Crippen MR) is 234 cm³/mol. The van der Waals surface area contributed by atoms with Gasteiger partial charge in [-0.3, -0.25) is 14.5 Å². The number of carbonyl (C=O) groups excluding carboxylic acids is 4.